The highest BCUT2D eigenvalue weighted by molar-refractivity contribution is 7.08. The molecule has 0 radical (unpaired) electrons. The minimum absolute atomic E-state index is 1.15. The number of nitrogens with zero attached hydrogens (tertiary/aromatic N) is 1. The van der Waals surface area contributed by atoms with E-state index in [1.54, 1.807) is 11.3 Å². The summed E-state index contributed by atoms with van der Waals surface area (Å²) in [6.45, 7) is 0. The monoisotopic (exact) mass is 353 g/mol. The molecule has 0 saturated carbocycles. The molecule has 2 heteroatoms. The molecular formula is C24H19NS. The zero-order valence-electron chi connectivity index (χ0n) is 14.3. The lowest BCUT2D eigenvalue weighted by Crippen LogP contribution is -2.09. The van der Waals surface area contributed by atoms with Crippen LogP contribution in [0.1, 0.15) is 11.1 Å². The molecule has 4 aromatic rings. The average molecular weight is 353 g/mol. The van der Waals surface area contributed by atoms with Crippen LogP contribution in [0.5, 0.6) is 0 Å². The summed E-state index contributed by atoms with van der Waals surface area (Å²) in [7, 11) is 0. The van der Waals surface area contributed by atoms with E-state index in [-0.39, 0.29) is 0 Å². The molecule has 0 aliphatic carbocycles. The Kier molecular flexibility index (Phi) is 4.95. The van der Waals surface area contributed by atoms with Crippen LogP contribution in [0.15, 0.2) is 102 Å². The maximum absolute atomic E-state index is 2.28. The van der Waals surface area contributed by atoms with Crippen molar-refractivity contribution in [2.24, 2.45) is 0 Å². The third-order valence-electron chi connectivity index (χ3n) is 4.17. The van der Waals surface area contributed by atoms with E-state index in [1.807, 2.05) is 12.1 Å². The van der Waals surface area contributed by atoms with Crippen molar-refractivity contribution in [3.63, 3.8) is 0 Å². The van der Waals surface area contributed by atoms with E-state index in [0.29, 0.717) is 0 Å². The van der Waals surface area contributed by atoms with E-state index in [4.69, 9.17) is 0 Å². The lowest BCUT2D eigenvalue weighted by molar-refractivity contribution is 1.28. The van der Waals surface area contributed by atoms with Crippen LogP contribution < -0.4 is 4.90 Å². The fraction of sp³-hybridized carbons (Fsp3) is 0. The van der Waals surface area contributed by atoms with E-state index >= 15 is 0 Å². The number of thiophene rings is 1. The van der Waals surface area contributed by atoms with Crippen molar-refractivity contribution < 1.29 is 0 Å². The summed E-state index contributed by atoms with van der Waals surface area (Å²) < 4.78 is 0. The van der Waals surface area contributed by atoms with E-state index in [9.17, 15) is 0 Å². The summed E-state index contributed by atoms with van der Waals surface area (Å²) in [5.74, 6) is 0. The smallest absolute Gasteiger partial charge is 0.0467 e. The molecule has 0 N–H and O–H groups in total. The third-order valence-corrected chi connectivity index (χ3v) is 4.87. The van der Waals surface area contributed by atoms with Gasteiger partial charge in [0.2, 0.25) is 0 Å². The zero-order valence-corrected chi connectivity index (χ0v) is 15.1. The summed E-state index contributed by atoms with van der Waals surface area (Å²) in [6.07, 6.45) is 4.32. The van der Waals surface area contributed by atoms with Gasteiger partial charge < -0.3 is 4.90 Å². The van der Waals surface area contributed by atoms with Crippen molar-refractivity contribution in [3.8, 4) is 0 Å². The molecular weight excluding hydrogens is 334 g/mol. The molecule has 126 valence electrons. The first-order valence-corrected chi connectivity index (χ1v) is 9.55. The summed E-state index contributed by atoms with van der Waals surface area (Å²) in [5, 5.41) is 4.25. The molecule has 26 heavy (non-hydrogen) atoms. The number of hydrogen-bond acceptors (Lipinski definition) is 2. The van der Waals surface area contributed by atoms with Crippen LogP contribution in [-0.4, -0.2) is 0 Å². The Balaban J connectivity index is 1.73. The second-order valence-corrected chi connectivity index (χ2v) is 6.77. The van der Waals surface area contributed by atoms with Crippen molar-refractivity contribution >= 4 is 40.6 Å². The SMILES string of the molecule is C(=Cc1cccc(N(c2ccccc2)c2ccccc2)c1)c1ccsc1. The van der Waals surface area contributed by atoms with E-state index in [1.165, 1.54) is 11.1 Å². The Labute approximate surface area is 158 Å². The minimum Gasteiger partial charge on any atom is -0.310 e. The van der Waals surface area contributed by atoms with Crippen LogP contribution in [0.4, 0.5) is 17.1 Å². The maximum atomic E-state index is 2.28. The van der Waals surface area contributed by atoms with Gasteiger partial charge in [0.25, 0.3) is 0 Å². The maximum Gasteiger partial charge on any atom is 0.0467 e. The fourth-order valence-corrected chi connectivity index (χ4v) is 3.56. The van der Waals surface area contributed by atoms with Crippen LogP contribution in [0, 0.1) is 0 Å². The van der Waals surface area contributed by atoms with E-state index in [2.05, 4.69) is 107 Å². The van der Waals surface area contributed by atoms with Gasteiger partial charge in [0.1, 0.15) is 0 Å². The van der Waals surface area contributed by atoms with Crippen LogP contribution >= 0.6 is 11.3 Å². The molecule has 0 bridgehead atoms. The Hall–Kier alpha value is -3.10. The van der Waals surface area contributed by atoms with E-state index in [0.717, 1.165) is 17.1 Å². The molecule has 0 unspecified atom stereocenters. The predicted octanol–water partition coefficient (Wildman–Crippen LogP) is 7.39. The molecule has 1 heterocycles. The summed E-state index contributed by atoms with van der Waals surface area (Å²) in [4.78, 5) is 2.28. The molecule has 0 spiro atoms. The first kappa shape index (κ1) is 16.4. The van der Waals surface area contributed by atoms with Gasteiger partial charge in [-0.3, -0.25) is 0 Å². The Morgan fingerprint density at radius 1 is 0.577 bits per heavy atom. The van der Waals surface area contributed by atoms with Gasteiger partial charge >= 0.3 is 0 Å². The highest BCUT2D eigenvalue weighted by atomic mass is 32.1. The second-order valence-electron chi connectivity index (χ2n) is 5.99. The van der Waals surface area contributed by atoms with Gasteiger partial charge in [-0.15, -0.1) is 0 Å². The van der Waals surface area contributed by atoms with Crippen molar-refractivity contribution in [2.75, 3.05) is 4.90 Å². The number of hydrogen-bond donors (Lipinski definition) is 0. The van der Waals surface area contributed by atoms with Crippen LogP contribution in [0.25, 0.3) is 12.2 Å². The lowest BCUT2D eigenvalue weighted by atomic mass is 10.1. The Morgan fingerprint density at radius 3 is 1.81 bits per heavy atom. The molecule has 0 saturated heterocycles. The molecule has 4 rings (SSSR count). The van der Waals surface area contributed by atoms with Crippen molar-refractivity contribution in [2.45, 2.75) is 0 Å². The summed E-state index contributed by atoms with van der Waals surface area (Å²) in [6, 6.07) is 31.7. The van der Waals surface area contributed by atoms with Gasteiger partial charge in [-0.2, -0.15) is 11.3 Å². The topological polar surface area (TPSA) is 3.24 Å². The first-order chi connectivity index (χ1) is 12.9. The summed E-state index contributed by atoms with van der Waals surface area (Å²) >= 11 is 1.72. The Morgan fingerprint density at radius 2 is 1.19 bits per heavy atom. The largest absolute Gasteiger partial charge is 0.310 e. The van der Waals surface area contributed by atoms with Crippen molar-refractivity contribution in [1.29, 1.82) is 0 Å². The molecule has 0 aliphatic rings. The lowest BCUT2D eigenvalue weighted by Gasteiger charge is -2.25. The van der Waals surface area contributed by atoms with Crippen LogP contribution in [0.3, 0.4) is 0 Å². The van der Waals surface area contributed by atoms with Crippen LogP contribution in [0.2, 0.25) is 0 Å². The van der Waals surface area contributed by atoms with Crippen molar-refractivity contribution in [1.82, 2.24) is 0 Å². The van der Waals surface area contributed by atoms with Gasteiger partial charge in [0, 0.05) is 17.1 Å². The molecule has 0 aliphatic heterocycles. The van der Waals surface area contributed by atoms with E-state index < -0.39 is 0 Å². The normalized spacial score (nSPS) is 10.9. The molecule has 0 amide bonds. The standard InChI is InChI=1S/C24H19NS/c1-3-9-22(10-4-1)25(23-11-5-2-6-12-23)24-13-7-8-20(18-24)14-15-21-16-17-26-19-21/h1-19H. The highest BCUT2D eigenvalue weighted by Gasteiger charge is 2.11. The van der Waals surface area contributed by atoms with Gasteiger partial charge in [0.05, 0.1) is 0 Å². The van der Waals surface area contributed by atoms with Gasteiger partial charge in [-0.05, 0) is 64.4 Å². The fourth-order valence-electron chi connectivity index (χ4n) is 2.93. The van der Waals surface area contributed by atoms with Crippen molar-refractivity contribution in [3.05, 3.63) is 113 Å². The number of para-hydroxylation sites is 2. The number of rotatable bonds is 5. The average Bonchev–Trinajstić information content (AvgIpc) is 3.22. The van der Waals surface area contributed by atoms with Gasteiger partial charge in [-0.1, -0.05) is 60.7 Å². The summed E-state index contributed by atoms with van der Waals surface area (Å²) in [5.41, 5.74) is 5.87. The van der Waals surface area contributed by atoms with Gasteiger partial charge in [0.15, 0.2) is 0 Å². The third kappa shape index (κ3) is 3.76. The second kappa shape index (κ2) is 7.85. The minimum atomic E-state index is 1.15. The molecule has 1 nitrogen and oxygen atoms in total. The van der Waals surface area contributed by atoms with Crippen LogP contribution in [-0.2, 0) is 0 Å². The number of anilines is 3. The predicted molar refractivity (Wildman–Crippen MR) is 114 cm³/mol. The number of benzene rings is 3. The molecule has 0 atom stereocenters. The Bertz CT molecular complexity index is 934. The molecule has 3 aromatic carbocycles. The molecule has 0 fully saturated rings. The highest BCUT2D eigenvalue weighted by Crippen LogP contribution is 2.34. The molecule has 1 aromatic heterocycles. The zero-order chi connectivity index (χ0) is 17.6. The first-order valence-electron chi connectivity index (χ1n) is 8.61. The quantitative estimate of drug-likeness (QED) is 0.361. The van der Waals surface area contributed by atoms with Gasteiger partial charge in [-0.25, -0.2) is 0 Å².